The number of hydrogen-bond acceptors (Lipinski definition) is 3. The van der Waals surface area contributed by atoms with Crippen molar-refractivity contribution in [2.75, 3.05) is 0 Å². The molecule has 0 unspecified atom stereocenters. The maximum atomic E-state index is 10.5. The van der Waals surface area contributed by atoms with Crippen molar-refractivity contribution < 1.29 is 13.0 Å². The number of allylic oxidation sites excluding steroid dienone is 1. The quantitative estimate of drug-likeness (QED) is 0.333. The van der Waals surface area contributed by atoms with Gasteiger partial charge in [-0.2, -0.15) is 8.42 Å². The van der Waals surface area contributed by atoms with Crippen LogP contribution in [0.4, 0.5) is 0 Å². The summed E-state index contributed by atoms with van der Waals surface area (Å²) in [7, 11) is -4.02. The van der Waals surface area contributed by atoms with E-state index in [1.165, 1.54) is 18.2 Å². The Kier molecular flexibility index (Phi) is 6.53. The Morgan fingerprint density at radius 3 is 2.05 bits per heavy atom. The summed E-state index contributed by atoms with van der Waals surface area (Å²) in [6, 6.07) is 5.99. The van der Waals surface area contributed by atoms with E-state index < -0.39 is 10.1 Å². The van der Waals surface area contributed by atoms with E-state index in [2.05, 4.69) is 18.2 Å². The van der Waals surface area contributed by atoms with E-state index in [9.17, 15) is 8.42 Å². The predicted molar refractivity (Wildman–Crippen MR) is 76.1 cm³/mol. The van der Waals surface area contributed by atoms with Gasteiger partial charge in [-0.1, -0.05) is 30.9 Å². The van der Waals surface area contributed by atoms with Gasteiger partial charge in [-0.05, 0) is 25.1 Å². The van der Waals surface area contributed by atoms with Gasteiger partial charge in [0.15, 0.2) is 5.96 Å². The summed E-state index contributed by atoms with van der Waals surface area (Å²) in [5.41, 5.74) is 11.4. The average Bonchev–Trinajstić information content (AvgIpc) is 2.28. The molecule has 5 N–H and O–H groups in total. The molecule has 0 amide bonds. The fourth-order valence-electron chi connectivity index (χ4n) is 0.922. The molecule has 0 bridgehead atoms. The summed E-state index contributed by atoms with van der Waals surface area (Å²) >= 11 is 0. The second kappa shape index (κ2) is 7.34. The van der Waals surface area contributed by atoms with Crippen LogP contribution in [-0.4, -0.2) is 18.9 Å². The maximum Gasteiger partial charge on any atom is 0.294 e. The monoisotopic (exact) mass is 283 g/mol. The van der Waals surface area contributed by atoms with Crippen molar-refractivity contribution in [1.29, 1.82) is 0 Å². The zero-order valence-electron chi connectivity index (χ0n) is 10.6. The lowest BCUT2D eigenvalue weighted by Crippen LogP contribution is -2.22. The van der Waals surface area contributed by atoms with E-state index in [-0.39, 0.29) is 10.9 Å². The molecule has 0 fully saturated rings. The summed E-state index contributed by atoms with van der Waals surface area (Å²) < 4.78 is 29.6. The van der Waals surface area contributed by atoms with Crippen molar-refractivity contribution in [3.05, 3.63) is 54.8 Å². The first-order valence-electron chi connectivity index (χ1n) is 5.12. The van der Waals surface area contributed by atoms with Gasteiger partial charge in [-0.3, -0.25) is 4.55 Å². The smallest absolute Gasteiger partial charge is 0.294 e. The van der Waals surface area contributed by atoms with E-state index >= 15 is 0 Å². The van der Waals surface area contributed by atoms with Crippen LogP contribution in [0.25, 0.3) is 0 Å². The summed E-state index contributed by atoms with van der Waals surface area (Å²) in [6.07, 6.45) is 1.47. The van der Waals surface area contributed by atoms with Gasteiger partial charge in [-0.15, -0.1) is 0 Å². The predicted octanol–water partition coefficient (Wildman–Crippen LogP) is 1.20. The van der Waals surface area contributed by atoms with Gasteiger partial charge >= 0.3 is 0 Å². The van der Waals surface area contributed by atoms with Crippen LogP contribution in [0.15, 0.2) is 59.1 Å². The van der Waals surface area contributed by atoms with Crippen LogP contribution >= 0.6 is 0 Å². The van der Waals surface area contributed by atoms with Crippen LogP contribution in [0.2, 0.25) is 0 Å². The number of aryl methyl sites for hydroxylation is 1. The van der Waals surface area contributed by atoms with Gasteiger partial charge in [0.05, 0.1) is 10.6 Å². The molecule has 0 spiro atoms. The Morgan fingerprint density at radius 2 is 1.79 bits per heavy atom. The standard InChI is InChI=1S/C7H8O3S.C5H9N3/c1-6-2-4-7(5-3-6)11(8,9)10;1-3-4(2)8-5(6)7/h2-5H,1H3,(H,8,9,10);3H,1-2H2,(H4,6,7,8). The van der Waals surface area contributed by atoms with Crippen molar-refractivity contribution in [3.63, 3.8) is 0 Å². The van der Waals surface area contributed by atoms with Crippen LogP contribution in [0.5, 0.6) is 0 Å². The Hall–Kier alpha value is -2.12. The normalized spacial score (nSPS) is 9.79. The molecule has 0 heterocycles. The largest absolute Gasteiger partial charge is 0.370 e. The first-order chi connectivity index (χ1) is 8.66. The average molecular weight is 283 g/mol. The number of hydrogen-bond donors (Lipinski definition) is 3. The molecular weight excluding hydrogens is 266 g/mol. The van der Waals surface area contributed by atoms with Crippen LogP contribution in [-0.2, 0) is 10.1 Å². The van der Waals surface area contributed by atoms with Gasteiger partial charge in [0, 0.05) is 0 Å². The van der Waals surface area contributed by atoms with Crippen molar-refractivity contribution in [3.8, 4) is 0 Å². The minimum Gasteiger partial charge on any atom is -0.370 e. The van der Waals surface area contributed by atoms with E-state index in [1.807, 2.05) is 6.92 Å². The molecule has 0 atom stereocenters. The minimum atomic E-state index is -4.02. The highest BCUT2D eigenvalue weighted by atomic mass is 32.2. The molecule has 0 saturated heterocycles. The first kappa shape index (κ1) is 16.9. The molecule has 1 rings (SSSR count). The molecule has 0 radical (unpaired) electrons. The Labute approximate surface area is 112 Å². The fourth-order valence-corrected chi connectivity index (χ4v) is 1.40. The fraction of sp³-hybridized carbons (Fsp3) is 0.0833. The lowest BCUT2D eigenvalue weighted by Gasteiger charge is -1.95. The van der Waals surface area contributed by atoms with Crippen LogP contribution in [0.3, 0.4) is 0 Å². The molecule has 1 aromatic rings. The lowest BCUT2D eigenvalue weighted by molar-refractivity contribution is 0.483. The second-order valence-electron chi connectivity index (χ2n) is 3.52. The van der Waals surface area contributed by atoms with Gasteiger partial charge in [0.25, 0.3) is 10.1 Å². The van der Waals surface area contributed by atoms with Crippen molar-refractivity contribution in [2.45, 2.75) is 11.8 Å². The first-order valence-corrected chi connectivity index (χ1v) is 6.56. The third kappa shape index (κ3) is 7.74. The van der Waals surface area contributed by atoms with E-state index in [0.29, 0.717) is 5.70 Å². The highest BCUT2D eigenvalue weighted by molar-refractivity contribution is 7.85. The Bertz CT molecular complexity index is 571. The van der Waals surface area contributed by atoms with Crippen LogP contribution < -0.4 is 11.5 Å². The maximum absolute atomic E-state index is 10.5. The third-order valence-electron chi connectivity index (χ3n) is 1.83. The molecule has 0 aromatic heterocycles. The van der Waals surface area contributed by atoms with E-state index in [1.54, 1.807) is 12.1 Å². The molecule has 1 aromatic carbocycles. The number of rotatable bonds is 3. The van der Waals surface area contributed by atoms with E-state index in [4.69, 9.17) is 16.0 Å². The number of nitrogens with zero attached hydrogens (tertiary/aromatic N) is 1. The zero-order valence-corrected chi connectivity index (χ0v) is 11.4. The van der Waals surface area contributed by atoms with Crippen molar-refractivity contribution >= 4 is 16.1 Å². The van der Waals surface area contributed by atoms with Crippen molar-refractivity contribution in [2.24, 2.45) is 16.5 Å². The Morgan fingerprint density at radius 1 is 1.32 bits per heavy atom. The summed E-state index contributed by atoms with van der Waals surface area (Å²) in [4.78, 5) is 3.49. The van der Waals surface area contributed by atoms with Crippen LogP contribution in [0.1, 0.15) is 5.56 Å². The third-order valence-corrected chi connectivity index (χ3v) is 2.70. The summed E-state index contributed by atoms with van der Waals surface area (Å²) in [5.74, 6) is 0.00917. The lowest BCUT2D eigenvalue weighted by atomic mass is 10.2. The summed E-state index contributed by atoms with van der Waals surface area (Å²) in [6.45, 7) is 8.68. The second-order valence-corrected chi connectivity index (χ2v) is 4.94. The molecule has 0 aliphatic rings. The molecule has 0 aliphatic heterocycles. The zero-order chi connectivity index (χ0) is 15.1. The molecule has 104 valence electrons. The van der Waals surface area contributed by atoms with Crippen LogP contribution in [0, 0.1) is 6.92 Å². The number of benzene rings is 1. The molecule has 0 aliphatic carbocycles. The Balaban J connectivity index is 0.000000362. The number of aliphatic imine (C=N–C) groups is 1. The van der Waals surface area contributed by atoms with Gasteiger partial charge in [0.2, 0.25) is 0 Å². The topological polar surface area (TPSA) is 119 Å². The SMILES string of the molecule is C=CC(=C)N=C(N)N.Cc1ccc(S(=O)(=O)O)cc1. The summed E-state index contributed by atoms with van der Waals surface area (Å²) in [5, 5.41) is 0. The number of guanidine groups is 1. The highest BCUT2D eigenvalue weighted by Crippen LogP contribution is 2.08. The molecule has 0 saturated carbocycles. The minimum absolute atomic E-state index is 0.00917. The van der Waals surface area contributed by atoms with Gasteiger partial charge in [0.1, 0.15) is 0 Å². The highest BCUT2D eigenvalue weighted by Gasteiger charge is 2.06. The number of nitrogens with two attached hydrogens (primary N) is 2. The van der Waals surface area contributed by atoms with Gasteiger partial charge < -0.3 is 11.5 Å². The van der Waals surface area contributed by atoms with Crippen molar-refractivity contribution in [1.82, 2.24) is 0 Å². The van der Waals surface area contributed by atoms with Gasteiger partial charge in [-0.25, -0.2) is 4.99 Å². The molecular formula is C12H17N3O3S. The van der Waals surface area contributed by atoms with E-state index in [0.717, 1.165) is 5.56 Å². The molecule has 19 heavy (non-hydrogen) atoms. The molecule has 6 nitrogen and oxygen atoms in total. The molecule has 7 heteroatoms.